The van der Waals surface area contributed by atoms with Crippen molar-refractivity contribution in [2.24, 2.45) is 0 Å². The van der Waals surface area contributed by atoms with E-state index in [2.05, 4.69) is 22.4 Å². The van der Waals surface area contributed by atoms with Crippen molar-refractivity contribution in [3.8, 4) is 5.75 Å². The fourth-order valence-corrected chi connectivity index (χ4v) is 6.43. The Labute approximate surface area is 205 Å². The molecule has 0 saturated carbocycles. The molecule has 3 aromatic rings. The first kappa shape index (κ1) is 23.8. The molecular weight excluding hydrogens is 504 g/mol. The SMILES string of the molecule is CCCSc1nnc(NC(=O)[C@H]2CN(S(=O)(=O)c3ccc(C)cc3)c3cc(Cl)ccc3O2)s1. The van der Waals surface area contributed by atoms with Gasteiger partial charge in [0.05, 0.1) is 17.1 Å². The number of rotatable bonds is 7. The molecule has 1 aromatic heterocycles. The first-order valence-corrected chi connectivity index (χ1v) is 13.7. The van der Waals surface area contributed by atoms with Crippen molar-refractivity contribution in [1.82, 2.24) is 10.2 Å². The molecule has 2 heterocycles. The molecular formula is C21H21ClN4O4S3. The van der Waals surface area contributed by atoms with E-state index >= 15 is 0 Å². The van der Waals surface area contributed by atoms with Gasteiger partial charge in [0.15, 0.2) is 10.4 Å². The zero-order valence-electron chi connectivity index (χ0n) is 17.8. The summed E-state index contributed by atoms with van der Waals surface area (Å²) >= 11 is 8.95. The molecule has 33 heavy (non-hydrogen) atoms. The van der Waals surface area contributed by atoms with Crippen LogP contribution in [0.2, 0.25) is 5.02 Å². The Balaban J connectivity index is 1.61. The number of fused-ring (bicyclic) bond motifs is 1. The molecule has 0 radical (unpaired) electrons. The Bertz CT molecular complexity index is 1260. The van der Waals surface area contributed by atoms with Crippen molar-refractivity contribution < 1.29 is 17.9 Å². The van der Waals surface area contributed by atoms with Crippen LogP contribution in [0.5, 0.6) is 5.75 Å². The van der Waals surface area contributed by atoms with Gasteiger partial charge in [-0.25, -0.2) is 8.42 Å². The lowest BCUT2D eigenvalue weighted by Gasteiger charge is -2.34. The number of hydrogen-bond donors (Lipinski definition) is 1. The number of aryl methyl sites for hydroxylation is 1. The van der Waals surface area contributed by atoms with E-state index in [1.807, 2.05) is 6.92 Å². The molecule has 4 rings (SSSR count). The highest BCUT2D eigenvalue weighted by Gasteiger charge is 2.38. The van der Waals surface area contributed by atoms with E-state index in [-0.39, 0.29) is 22.9 Å². The summed E-state index contributed by atoms with van der Waals surface area (Å²) in [7, 11) is -3.97. The van der Waals surface area contributed by atoms with Crippen LogP contribution in [0.15, 0.2) is 51.7 Å². The van der Waals surface area contributed by atoms with Crippen molar-refractivity contribution in [1.29, 1.82) is 0 Å². The monoisotopic (exact) mass is 524 g/mol. The molecule has 0 unspecified atom stereocenters. The van der Waals surface area contributed by atoms with Gasteiger partial charge in [-0.15, -0.1) is 10.2 Å². The fraction of sp³-hybridized carbons (Fsp3) is 0.286. The quantitative estimate of drug-likeness (QED) is 0.356. The predicted molar refractivity (Wildman–Crippen MR) is 131 cm³/mol. The van der Waals surface area contributed by atoms with E-state index in [4.69, 9.17) is 16.3 Å². The standard InChI is InChI=1S/C21H21ClN4O4S3/c1-3-10-31-21-25-24-20(32-21)23-19(27)18-12-26(16-11-14(22)6-9-17(16)30-18)33(28,29)15-7-4-13(2)5-8-15/h4-9,11,18H,3,10,12H2,1-2H3,(H,23,24,27)/t18-/m1/s1. The van der Waals surface area contributed by atoms with E-state index in [1.54, 1.807) is 36.0 Å². The number of amides is 1. The molecule has 0 saturated heterocycles. The molecule has 0 aliphatic carbocycles. The minimum Gasteiger partial charge on any atom is -0.476 e. The Morgan fingerprint density at radius 1 is 1.27 bits per heavy atom. The van der Waals surface area contributed by atoms with Crippen LogP contribution in [0.4, 0.5) is 10.8 Å². The second-order valence-electron chi connectivity index (χ2n) is 7.28. The minimum absolute atomic E-state index is 0.113. The molecule has 1 aliphatic heterocycles. The summed E-state index contributed by atoms with van der Waals surface area (Å²) in [6.45, 7) is 3.73. The Hall–Kier alpha value is -2.34. The molecule has 0 fully saturated rings. The van der Waals surface area contributed by atoms with Crippen molar-refractivity contribution in [2.75, 3.05) is 21.9 Å². The van der Waals surface area contributed by atoms with Gasteiger partial charge >= 0.3 is 0 Å². The molecule has 1 aliphatic rings. The lowest BCUT2D eigenvalue weighted by molar-refractivity contribution is -0.122. The second-order valence-corrected chi connectivity index (χ2v) is 11.9. The highest BCUT2D eigenvalue weighted by molar-refractivity contribution is 8.01. The van der Waals surface area contributed by atoms with Crippen molar-refractivity contribution in [3.05, 3.63) is 53.1 Å². The number of nitrogens with zero attached hydrogens (tertiary/aromatic N) is 3. The average Bonchev–Trinajstić information content (AvgIpc) is 3.24. The van der Waals surface area contributed by atoms with Crippen LogP contribution in [-0.2, 0) is 14.8 Å². The van der Waals surface area contributed by atoms with Gasteiger partial charge < -0.3 is 4.74 Å². The van der Waals surface area contributed by atoms with E-state index in [0.717, 1.165) is 26.4 Å². The number of halogens is 1. The fourth-order valence-electron chi connectivity index (χ4n) is 3.12. The number of hydrogen-bond acceptors (Lipinski definition) is 8. The zero-order chi connectivity index (χ0) is 23.6. The Morgan fingerprint density at radius 2 is 2.03 bits per heavy atom. The molecule has 8 nitrogen and oxygen atoms in total. The normalized spacial score (nSPS) is 15.6. The second kappa shape index (κ2) is 9.88. The number of carbonyl (C=O) groups excluding carboxylic acids is 1. The molecule has 174 valence electrons. The lowest BCUT2D eigenvalue weighted by Crippen LogP contribution is -2.48. The zero-order valence-corrected chi connectivity index (χ0v) is 21.0. The Morgan fingerprint density at radius 3 is 2.76 bits per heavy atom. The average molecular weight is 525 g/mol. The Kier molecular flexibility index (Phi) is 7.13. The third-order valence-corrected chi connectivity index (χ3v) is 8.97. The summed E-state index contributed by atoms with van der Waals surface area (Å²) in [6.07, 6.45) is -0.0918. The molecule has 0 bridgehead atoms. The van der Waals surface area contributed by atoms with Gasteiger partial charge in [-0.05, 0) is 43.7 Å². The van der Waals surface area contributed by atoms with Gasteiger partial charge in [-0.2, -0.15) is 0 Å². The number of nitrogens with one attached hydrogen (secondary N) is 1. The summed E-state index contributed by atoms with van der Waals surface area (Å²) in [4.78, 5) is 13.1. The number of carbonyl (C=O) groups is 1. The largest absolute Gasteiger partial charge is 0.476 e. The first-order chi connectivity index (χ1) is 15.8. The van der Waals surface area contributed by atoms with E-state index in [1.165, 1.54) is 29.5 Å². The van der Waals surface area contributed by atoms with Gasteiger partial charge in [-0.3, -0.25) is 14.4 Å². The van der Waals surface area contributed by atoms with Crippen molar-refractivity contribution in [3.63, 3.8) is 0 Å². The summed E-state index contributed by atoms with van der Waals surface area (Å²) in [5, 5.41) is 11.4. The van der Waals surface area contributed by atoms with Crippen LogP contribution in [0.25, 0.3) is 0 Å². The summed E-state index contributed by atoms with van der Waals surface area (Å²) < 4.78 is 34.7. The van der Waals surface area contributed by atoms with Gasteiger partial charge in [-0.1, -0.05) is 59.3 Å². The smallest absolute Gasteiger partial charge is 0.269 e. The number of anilines is 2. The van der Waals surface area contributed by atoms with Crippen LogP contribution in [-0.4, -0.2) is 42.9 Å². The lowest BCUT2D eigenvalue weighted by atomic mass is 10.2. The predicted octanol–water partition coefficient (Wildman–Crippen LogP) is 4.60. The van der Waals surface area contributed by atoms with Crippen molar-refractivity contribution in [2.45, 2.75) is 35.6 Å². The summed E-state index contributed by atoms with van der Waals surface area (Å²) in [6, 6.07) is 11.2. The summed E-state index contributed by atoms with van der Waals surface area (Å²) in [5.74, 6) is 0.639. The maximum atomic E-state index is 13.5. The molecule has 2 aromatic carbocycles. The topological polar surface area (TPSA) is 101 Å². The van der Waals surface area contributed by atoms with Crippen LogP contribution in [0.1, 0.15) is 18.9 Å². The minimum atomic E-state index is -3.97. The summed E-state index contributed by atoms with van der Waals surface area (Å²) in [5.41, 5.74) is 1.21. The number of sulfonamides is 1. The third kappa shape index (κ3) is 5.26. The van der Waals surface area contributed by atoms with Gasteiger partial charge in [0.25, 0.3) is 15.9 Å². The number of benzene rings is 2. The van der Waals surface area contributed by atoms with Crippen LogP contribution >= 0.6 is 34.7 Å². The van der Waals surface area contributed by atoms with Crippen molar-refractivity contribution >= 4 is 61.4 Å². The van der Waals surface area contributed by atoms with E-state index in [9.17, 15) is 13.2 Å². The van der Waals surface area contributed by atoms with Crippen LogP contribution < -0.4 is 14.4 Å². The highest BCUT2D eigenvalue weighted by Crippen LogP contribution is 2.39. The van der Waals surface area contributed by atoms with E-state index < -0.39 is 22.0 Å². The highest BCUT2D eigenvalue weighted by atomic mass is 35.5. The molecule has 1 amide bonds. The van der Waals surface area contributed by atoms with Gasteiger partial charge in [0.2, 0.25) is 5.13 Å². The molecule has 1 N–H and O–H groups in total. The number of aromatic nitrogens is 2. The maximum Gasteiger partial charge on any atom is 0.269 e. The third-order valence-electron chi connectivity index (χ3n) is 4.76. The maximum absolute atomic E-state index is 13.5. The number of thioether (sulfide) groups is 1. The van der Waals surface area contributed by atoms with Crippen LogP contribution in [0, 0.1) is 6.92 Å². The molecule has 12 heteroatoms. The van der Waals surface area contributed by atoms with Gasteiger partial charge in [0, 0.05) is 10.8 Å². The molecule has 0 spiro atoms. The van der Waals surface area contributed by atoms with Gasteiger partial charge in [0.1, 0.15) is 5.75 Å². The van der Waals surface area contributed by atoms with E-state index in [0.29, 0.717) is 10.2 Å². The number of ether oxygens (including phenoxy) is 1. The first-order valence-electron chi connectivity index (χ1n) is 10.1. The molecule has 1 atom stereocenters. The van der Waals surface area contributed by atoms with Crippen LogP contribution in [0.3, 0.4) is 0 Å².